The molecule has 1 unspecified atom stereocenters. The van der Waals surface area contributed by atoms with Crippen LogP contribution < -0.4 is 4.90 Å². The average Bonchev–Trinajstić information content (AvgIpc) is 3.57. The van der Waals surface area contributed by atoms with E-state index in [4.69, 9.17) is 4.74 Å². The monoisotopic (exact) mass is 558 g/mol. The number of ether oxygens (including phenoxy) is 1. The lowest BCUT2D eigenvalue weighted by Gasteiger charge is -2.21. The van der Waals surface area contributed by atoms with Gasteiger partial charge in [0.25, 0.3) is 5.91 Å². The molecule has 1 aliphatic heterocycles. The first-order valence-corrected chi connectivity index (χ1v) is 14.1. The van der Waals surface area contributed by atoms with Crippen molar-refractivity contribution in [1.29, 1.82) is 0 Å². The molecule has 3 heterocycles. The maximum Gasteiger partial charge on any atom is 0.260 e. The normalized spacial score (nSPS) is 15.8. The number of nitrogens with zero attached hydrogens (tertiary/aromatic N) is 4. The number of benzene rings is 2. The first kappa shape index (κ1) is 26.3. The van der Waals surface area contributed by atoms with Crippen LogP contribution in [-0.2, 0) is 21.3 Å². The fourth-order valence-corrected chi connectivity index (χ4v) is 6.42. The zero-order valence-electron chi connectivity index (χ0n) is 20.4. The van der Waals surface area contributed by atoms with Crippen LogP contribution in [0.5, 0.6) is 0 Å². The molecule has 12 heteroatoms. The molecule has 1 amide bonds. The van der Waals surface area contributed by atoms with Gasteiger partial charge in [0.15, 0.2) is 10.9 Å². The molecule has 0 bridgehead atoms. The highest BCUT2D eigenvalue weighted by Gasteiger charge is 2.28. The van der Waals surface area contributed by atoms with Crippen molar-refractivity contribution in [1.82, 2.24) is 14.3 Å². The Hall–Kier alpha value is -3.32. The highest BCUT2D eigenvalue weighted by Crippen LogP contribution is 2.33. The minimum atomic E-state index is -3.79. The lowest BCUT2D eigenvalue weighted by molar-refractivity contribution is 0.0978. The number of sulfonamides is 1. The highest BCUT2D eigenvalue weighted by molar-refractivity contribution is 7.89. The second-order valence-electron chi connectivity index (χ2n) is 8.89. The quantitative estimate of drug-likeness (QED) is 0.314. The largest absolute Gasteiger partial charge is 0.377 e. The van der Waals surface area contributed by atoms with Crippen LogP contribution in [0.1, 0.15) is 28.9 Å². The Balaban J connectivity index is 1.44. The average molecular weight is 559 g/mol. The van der Waals surface area contributed by atoms with Crippen molar-refractivity contribution in [2.24, 2.45) is 0 Å². The van der Waals surface area contributed by atoms with E-state index in [0.717, 1.165) is 36.3 Å². The summed E-state index contributed by atoms with van der Waals surface area (Å²) < 4.78 is 61.3. The van der Waals surface area contributed by atoms with E-state index in [1.807, 2.05) is 0 Å². The second kappa shape index (κ2) is 10.8. The Morgan fingerprint density at radius 2 is 1.95 bits per heavy atom. The van der Waals surface area contributed by atoms with Gasteiger partial charge >= 0.3 is 0 Å². The summed E-state index contributed by atoms with van der Waals surface area (Å²) in [6.07, 6.45) is 3.16. The second-order valence-corrected chi connectivity index (χ2v) is 11.9. The van der Waals surface area contributed by atoms with Crippen molar-refractivity contribution in [3.05, 3.63) is 83.7 Å². The van der Waals surface area contributed by atoms with E-state index in [2.05, 4.69) is 9.97 Å². The van der Waals surface area contributed by atoms with Crippen molar-refractivity contribution in [3.63, 3.8) is 0 Å². The summed E-state index contributed by atoms with van der Waals surface area (Å²) in [5, 5.41) is 0.160. The molecule has 1 saturated heterocycles. The summed E-state index contributed by atoms with van der Waals surface area (Å²) in [5.74, 6) is -2.06. The number of carbonyl (C=O) groups is 1. The number of amides is 1. The van der Waals surface area contributed by atoms with Crippen molar-refractivity contribution >= 4 is 42.6 Å². The fraction of sp³-hybridized carbons (Fsp3) is 0.269. The van der Waals surface area contributed by atoms with Crippen LogP contribution in [-0.4, -0.2) is 54.9 Å². The van der Waals surface area contributed by atoms with Crippen LogP contribution in [0.4, 0.5) is 13.9 Å². The number of hydrogen-bond donors (Lipinski definition) is 0. The molecule has 0 spiro atoms. The minimum absolute atomic E-state index is 0.0216. The molecule has 0 saturated carbocycles. The van der Waals surface area contributed by atoms with Crippen LogP contribution in [0.2, 0.25) is 0 Å². The Morgan fingerprint density at radius 3 is 2.63 bits per heavy atom. The van der Waals surface area contributed by atoms with Gasteiger partial charge < -0.3 is 4.74 Å². The maximum atomic E-state index is 14.3. The van der Waals surface area contributed by atoms with Gasteiger partial charge in [-0.2, -0.15) is 4.31 Å². The number of fused-ring (bicyclic) bond motifs is 1. The van der Waals surface area contributed by atoms with E-state index in [-0.39, 0.29) is 45.0 Å². The predicted octanol–water partition coefficient (Wildman–Crippen LogP) is 4.62. The summed E-state index contributed by atoms with van der Waals surface area (Å²) in [5.41, 5.74) is 0.718. The lowest BCUT2D eigenvalue weighted by atomic mass is 10.2. The van der Waals surface area contributed by atoms with Crippen molar-refractivity contribution in [2.75, 3.05) is 25.1 Å². The molecule has 0 N–H and O–H groups in total. The first-order valence-electron chi connectivity index (χ1n) is 11.9. The summed E-state index contributed by atoms with van der Waals surface area (Å²) in [7, 11) is -2.29. The standard InChI is InChI=1S/C26H24F2N4O4S2/c1-31(16-20-6-4-12-36-20)38(34,35)21-9-7-17(8-10-21)25(33)32(15-19-5-2-3-11-29-19)26-30-24-22(28)13-18(27)14-23(24)37-26/h2-3,5,7-11,13-14,20H,4,6,12,15-16H2,1H3. The van der Waals surface area contributed by atoms with Crippen LogP contribution in [0.15, 0.2) is 65.7 Å². The van der Waals surface area contributed by atoms with Crippen LogP contribution >= 0.6 is 11.3 Å². The molecule has 0 radical (unpaired) electrons. The molecule has 8 nitrogen and oxygen atoms in total. The summed E-state index contributed by atoms with van der Waals surface area (Å²) in [6, 6.07) is 12.7. The third kappa shape index (κ3) is 5.44. The predicted molar refractivity (Wildman–Crippen MR) is 140 cm³/mol. The SMILES string of the molecule is CN(CC1CCCO1)S(=O)(=O)c1ccc(C(=O)N(Cc2ccccn2)c2nc3c(F)cc(F)cc3s2)cc1. The van der Waals surface area contributed by atoms with Gasteiger partial charge in [0.2, 0.25) is 10.0 Å². The Bertz CT molecular complexity index is 1560. The van der Waals surface area contributed by atoms with Gasteiger partial charge in [0, 0.05) is 38.0 Å². The summed E-state index contributed by atoms with van der Waals surface area (Å²) >= 11 is 0.974. The van der Waals surface area contributed by atoms with Gasteiger partial charge in [-0.25, -0.2) is 22.2 Å². The van der Waals surface area contributed by atoms with Crippen molar-refractivity contribution in [2.45, 2.75) is 30.4 Å². The molecule has 0 aliphatic carbocycles. The van der Waals surface area contributed by atoms with E-state index in [1.54, 1.807) is 24.4 Å². The fourth-order valence-electron chi connectivity index (χ4n) is 4.22. The van der Waals surface area contributed by atoms with E-state index in [9.17, 15) is 22.0 Å². The minimum Gasteiger partial charge on any atom is -0.377 e. The molecule has 1 fully saturated rings. The zero-order chi connectivity index (χ0) is 26.9. The molecule has 2 aromatic carbocycles. The molecule has 4 aromatic rings. The maximum absolute atomic E-state index is 14.3. The number of rotatable bonds is 8. The van der Waals surface area contributed by atoms with Crippen LogP contribution in [0.25, 0.3) is 10.2 Å². The number of halogens is 2. The molecule has 1 atom stereocenters. The molecule has 1 aliphatic rings. The number of carbonyl (C=O) groups excluding carboxylic acids is 1. The van der Waals surface area contributed by atoms with Gasteiger partial charge in [0.05, 0.1) is 27.9 Å². The molecular weight excluding hydrogens is 534 g/mol. The van der Waals surface area contributed by atoms with E-state index >= 15 is 0 Å². The lowest BCUT2D eigenvalue weighted by Crippen LogP contribution is -2.34. The number of hydrogen-bond acceptors (Lipinski definition) is 7. The van der Waals surface area contributed by atoms with Gasteiger partial charge in [-0.1, -0.05) is 17.4 Å². The number of anilines is 1. The van der Waals surface area contributed by atoms with Gasteiger partial charge in [-0.15, -0.1) is 0 Å². The summed E-state index contributed by atoms with van der Waals surface area (Å²) in [4.78, 5) is 23.5. The Labute approximate surface area is 222 Å². The molecule has 2 aromatic heterocycles. The van der Waals surface area contributed by atoms with Crippen molar-refractivity contribution in [3.8, 4) is 0 Å². The third-order valence-corrected chi connectivity index (χ3v) is 9.08. The number of thiazole rings is 1. The Kier molecular flexibility index (Phi) is 7.48. The molecule has 5 rings (SSSR count). The van der Waals surface area contributed by atoms with Crippen molar-refractivity contribution < 1.29 is 26.7 Å². The summed E-state index contributed by atoms with van der Waals surface area (Å²) in [6.45, 7) is 0.893. The van der Waals surface area contributed by atoms with E-state index in [1.165, 1.54) is 40.5 Å². The molecule has 198 valence electrons. The topological polar surface area (TPSA) is 92.7 Å². The number of likely N-dealkylation sites (N-methyl/N-ethyl adjacent to an activating group) is 1. The van der Waals surface area contributed by atoms with E-state index < -0.39 is 27.6 Å². The van der Waals surface area contributed by atoms with Gasteiger partial charge in [-0.05, 0) is 55.3 Å². The number of pyridine rings is 1. The van der Waals surface area contributed by atoms with Crippen LogP contribution in [0, 0.1) is 11.6 Å². The smallest absolute Gasteiger partial charge is 0.260 e. The first-order chi connectivity index (χ1) is 18.2. The molecule has 38 heavy (non-hydrogen) atoms. The molecular formula is C26H24F2N4O4S2. The van der Waals surface area contributed by atoms with Crippen LogP contribution in [0.3, 0.4) is 0 Å². The Morgan fingerprint density at radius 1 is 1.16 bits per heavy atom. The number of aromatic nitrogens is 2. The third-order valence-electron chi connectivity index (χ3n) is 6.22. The highest BCUT2D eigenvalue weighted by atomic mass is 32.2. The zero-order valence-corrected chi connectivity index (χ0v) is 22.0. The van der Waals surface area contributed by atoms with Gasteiger partial charge in [-0.3, -0.25) is 14.7 Å². The van der Waals surface area contributed by atoms with E-state index in [0.29, 0.717) is 12.3 Å². The van der Waals surface area contributed by atoms with Gasteiger partial charge in [0.1, 0.15) is 11.3 Å².